The zero-order valence-electron chi connectivity index (χ0n) is 11.3. The van der Waals surface area contributed by atoms with Gasteiger partial charge in [-0.15, -0.1) is 0 Å². The molecule has 0 bridgehead atoms. The molecule has 3 rings (SSSR count). The normalized spacial score (nSPS) is 11.1. The van der Waals surface area contributed by atoms with Crippen LogP contribution in [0.1, 0.15) is 18.3 Å². The Labute approximate surface area is 124 Å². The van der Waals surface area contributed by atoms with Gasteiger partial charge >= 0.3 is 5.69 Å². The van der Waals surface area contributed by atoms with E-state index < -0.39 is 11.2 Å². The highest BCUT2D eigenvalue weighted by molar-refractivity contribution is 6.30. The van der Waals surface area contributed by atoms with Crippen molar-refractivity contribution in [2.45, 2.75) is 19.9 Å². The molecule has 21 heavy (non-hydrogen) atoms. The topological polar surface area (TPSA) is 83.5 Å². The molecule has 108 valence electrons. The van der Waals surface area contributed by atoms with Gasteiger partial charge in [-0.25, -0.2) is 9.78 Å². The number of halogens is 1. The molecular weight excluding hydrogens is 292 g/mol. The summed E-state index contributed by atoms with van der Waals surface area (Å²) < 4.78 is 1.43. The number of nitrogens with zero attached hydrogens (tertiary/aromatic N) is 2. The van der Waals surface area contributed by atoms with E-state index in [9.17, 15) is 9.59 Å². The Balaban J connectivity index is 2.11. The van der Waals surface area contributed by atoms with E-state index in [1.807, 2.05) is 25.1 Å². The molecule has 0 aliphatic carbocycles. The molecule has 2 N–H and O–H groups in total. The Bertz CT molecular complexity index is 923. The highest BCUT2D eigenvalue weighted by Gasteiger charge is 2.12. The summed E-state index contributed by atoms with van der Waals surface area (Å²) in [7, 11) is 0. The number of rotatable bonds is 3. The molecule has 3 aromatic rings. The van der Waals surface area contributed by atoms with Crippen molar-refractivity contribution in [3.05, 3.63) is 61.5 Å². The maximum Gasteiger partial charge on any atom is 0.330 e. The highest BCUT2D eigenvalue weighted by atomic mass is 35.5. The van der Waals surface area contributed by atoms with Gasteiger partial charge in [0.2, 0.25) is 0 Å². The van der Waals surface area contributed by atoms with Crippen LogP contribution in [0.5, 0.6) is 0 Å². The first-order chi connectivity index (χ1) is 10.1. The van der Waals surface area contributed by atoms with E-state index in [1.54, 1.807) is 6.07 Å². The molecular formula is C14H13ClN4O2. The van der Waals surface area contributed by atoms with Crippen LogP contribution in [0.4, 0.5) is 0 Å². The Morgan fingerprint density at radius 1 is 1.29 bits per heavy atom. The fourth-order valence-electron chi connectivity index (χ4n) is 2.31. The number of aromatic nitrogens is 4. The van der Waals surface area contributed by atoms with Crippen LogP contribution in [-0.2, 0) is 13.0 Å². The number of hydrogen-bond donors (Lipinski definition) is 2. The fraction of sp³-hybridized carbons (Fsp3) is 0.214. The molecule has 0 radical (unpaired) electrons. The zero-order valence-corrected chi connectivity index (χ0v) is 12.1. The number of aryl methyl sites for hydroxylation is 1. The lowest BCUT2D eigenvalue weighted by molar-refractivity contribution is 0.719. The van der Waals surface area contributed by atoms with Crippen molar-refractivity contribution >= 4 is 22.8 Å². The minimum Gasteiger partial charge on any atom is -0.336 e. The number of imidazole rings is 1. The first-order valence-electron chi connectivity index (χ1n) is 6.54. The van der Waals surface area contributed by atoms with E-state index in [-0.39, 0.29) is 0 Å². The third kappa shape index (κ3) is 2.50. The maximum atomic E-state index is 11.8. The summed E-state index contributed by atoms with van der Waals surface area (Å²) in [5.41, 5.74) is 0.764. The lowest BCUT2D eigenvalue weighted by atomic mass is 10.1. The Hall–Kier alpha value is -2.34. The van der Waals surface area contributed by atoms with Crippen molar-refractivity contribution in [2.75, 3.05) is 0 Å². The van der Waals surface area contributed by atoms with Crippen LogP contribution >= 0.6 is 11.6 Å². The van der Waals surface area contributed by atoms with Crippen LogP contribution in [0.3, 0.4) is 0 Å². The van der Waals surface area contributed by atoms with E-state index in [4.69, 9.17) is 11.6 Å². The summed E-state index contributed by atoms with van der Waals surface area (Å²) in [5, 5.41) is 0.645. The van der Waals surface area contributed by atoms with E-state index in [2.05, 4.69) is 15.0 Å². The van der Waals surface area contributed by atoms with Gasteiger partial charge in [0, 0.05) is 18.0 Å². The summed E-state index contributed by atoms with van der Waals surface area (Å²) in [5.74, 6) is 0.616. The van der Waals surface area contributed by atoms with Crippen LogP contribution < -0.4 is 11.2 Å². The molecule has 0 amide bonds. The first-order valence-corrected chi connectivity index (χ1v) is 6.92. The van der Waals surface area contributed by atoms with Gasteiger partial charge in [-0.05, 0) is 24.6 Å². The molecule has 1 aromatic carbocycles. The van der Waals surface area contributed by atoms with Gasteiger partial charge in [-0.1, -0.05) is 23.7 Å². The first kappa shape index (κ1) is 13.6. The third-order valence-corrected chi connectivity index (χ3v) is 3.49. The standard InChI is InChI=1S/C14H13ClN4O2/c1-2-19-12-11(13(20)18-14(19)21)16-10(17-12)7-8-4-3-5-9(15)6-8/h3-6H,2,7H2,1H3,(H,16,17)(H,18,20,21). The smallest absolute Gasteiger partial charge is 0.330 e. The van der Waals surface area contributed by atoms with E-state index in [0.717, 1.165) is 5.56 Å². The lowest BCUT2D eigenvalue weighted by Crippen LogP contribution is -2.29. The monoisotopic (exact) mass is 304 g/mol. The second kappa shape index (κ2) is 5.21. The molecule has 0 saturated carbocycles. The summed E-state index contributed by atoms with van der Waals surface area (Å²) in [6, 6.07) is 7.42. The largest absolute Gasteiger partial charge is 0.336 e. The van der Waals surface area contributed by atoms with Crippen molar-refractivity contribution < 1.29 is 0 Å². The molecule has 6 nitrogen and oxygen atoms in total. The average molecular weight is 305 g/mol. The van der Waals surface area contributed by atoms with Crippen LogP contribution in [0.2, 0.25) is 5.02 Å². The van der Waals surface area contributed by atoms with Crippen molar-refractivity contribution in [3.63, 3.8) is 0 Å². The van der Waals surface area contributed by atoms with Crippen LogP contribution in [0.15, 0.2) is 33.9 Å². The molecule has 0 fully saturated rings. The molecule has 0 atom stereocenters. The number of nitrogens with one attached hydrogen (secondary N) is 2. The minimum absolute atomic E-state index is 0.313. The molecule has 0 unspecified atom stereocenters. The van der Waals surface area contributed by atoms with E-state index >= 15 is 0 Å². The predicted molar refractivity (Wildman–Crippen MR) is 80.9 cm³/mol. The van der Waals surface area contributed by atoms with Crippen molar-refractivity contribution in [2.24, 2.45) is 0 Å². The summed E-state index contributed by atoms with van der Waals surface area (Å²) in [4.78, 5) is 33.2. The Morgan fingerprint density at radius 2 is 2.10 bits per heavy atom. The van der Waals surface area contributed by atoms with Gasteiger partial charge in [0.05, 0.1) is 0 Å². The number of H-pyrrole nitrogens is 2. The van der Waals surface area contributed by atoms with Crippen LogP contribution in [0, 0.1) is 0 Å². The van der Waals surface area contributed by atoms with Gasteiger partial charge in [-0.3, -0.25) is 14.3 Å². The van der Waals surface area contributed by atoms with Gasteiger partial charge in [-0.2, -0.15) is 0 Å². The van der Waals surface area contributed by atoms with E-state index in [0.29, 0.717) is 35.0 Å². The quantitative estimate of drug-likeness (QED) is 0.772. The number of aromatic amines is 2. The second-order valence-corrected chi connectivity index (χ2v) is 5.13. The van der Waals surface area contributed by atoms with Gasteiger partial charge in [0.1, 0.15) is 11.3 Å². The maximum absolute atomic E-state index is 11.8. The SMILES string of the molecule is CCn1c(=O)[nH]c(=O)c2[nH]c(Cc3cccc(Cl)c3)nc21. The number of fused-ring (bicyclic) bond motifs is 1. The molecule has 2 aromatic heterocycles. The van der Waals surface area contributed by atoms with Crippen molar-refractivity contribution in [1.29, 1.82) is 0 Å². The molecule has 0 aliphatic rings. The number of benzene rings is 1. The van der Waals surface area contributed by atoms with Gasteiger partial charge < -0.3 is 4.98 Å². The number of hydrogen-bond acceptors (Lipinski definition) is 3. The summed E-state index contributed by atoms with van der Waals surface area (Å²) >= 11 is 5.95. The van der Waals surface area contributed by atoms with Crippen LogP contribution in [0.25, 0.3) is 11.2 Å². The Kier molecular flexibility index (Phi) is 3.39. The van der Waals surface area contributed by atoms with Gasteiger partial charge in [0.25, 0.3) is 5.56 Å². The third-order valence-electron chi connectivity index (χ3n) is 3.26. The zero-order chi connectivity index (χ0) is 15.0. The lowest BCUT2D eigenvalue weighted by Gasteiger charge is -2.00. The molecule has 0 aliphatic heterocycles. The highest BCUT2D eigenvalue weighted by Crippen LogP contribution is 2.14. The molecule has 0 saturated heterocycles. The molecule has 0 spiro atoms. The minimum atomic E-state index is -0.454. The molecule has 2 heterocycles. The fourth-order valence-corrected chi connectivity index (χ4v) is 2.52. The average Bonchev–Trinajstić information content (AvgIpc) is 2.83. The van der Waals surface area contributed by atoms with Gasteiger partial charge in [0.15, 0.2) is 5.65 Å². The summed E-state index contributed by atoms with van der Waals surface area (Å²) in [6.45, 7) is 2.26. The second-order valence-electron chi connectivity index (χ2n) is 4.69. The van der Waals surface area contributed by atoms with Crippen molar-refractivity contribution in [3.8, 4) is 0 Å². The predicted octanol–water partition coefficient (Wildman–Crippen LogP) is 1.68. The Morgan fingerprint density at radius 3 is 2.81 bits per heavy atom. The van der Waals surface area contributed by atoms with E-state index in [1.165, 1.54) is 4.57 Å². The van der Waals surface area contributed by atoms with Crippen LogP contribution in [-0.4, -0.2) is 19.5 Å². The summed E-state index contributed by atoms with van der Waals surface area (Å²) in [6.07, 6.45) is 0.507. The molecule has 7 heteroatoms. The van der Waals surface area contributed by atoms with Crippen molar-refractivity contribution in [1.82, 2.24) is 19.5 Å².